The molecule has 0 aliphatic carbocycles. The zero-order chi connectivity index (χ0) is 9.84. The fourth-order valence-electron chi connectivity index (χ4n) is 1.11. The van der Waals surface area contributed by atoms with Gasteiger partial charge in [-0.25, -0.2) is 0 Å². The Morgan fingerprint density at radius 1 is 1.62 bits per heavy atom. The Labute approximate surface area is 85.4 Å². The molecule has 70 valence electrons. The van der Waals surface area contributed by atoms with Crippen LogP contribution in [0.25, 0.3) is 0 Å². The number of phenols is 1. The summed E-state index contributed by atoms with van der Waals surface area (Å²) in [6.45, 7) is 0.589. The van der Waals surface area contributed by atoms with Gasteiger partial charge in [0, 0.05) is 28.4 Å². The second-order valence-corrected chi connectivity index (χ2v) is 3.59. The molecular weight excluding hydrogens is 232 g/mol. The van der Waals surface area contributed by atoms with Gasteiger partial charge in [0.25, 0.3) is 0 Å². The van der Waals surface area contributed by atoms with E-state index in [9.17, 15) is 5.11 Å². The minimum atomic E-state index is 0.174. The van der Waals surface area contributed by atoms with E-state index < -0.39 is 0 Å². The maximum Gasteiger partial charge on any atom is 0.128 e. The van der Waals surface area contributed by atoms with Crippen LogP contribution in [0.1, 0.15) is 11.1 Å². The molecule has 0 aromatic heterocycles. The van der Waals surface area contributed by atoms with E-state index in [0.717, 1.165) is 16.3 Å². The Kier molecular flexibility index (Phi) is 3.45. The molecule has 0 fully saturated rings. The van der Waals surface area contributed by atoms with Crippen LogP contribution in [-0.4, -0.2) is 18.4 Å². The summed E-state index contributed by atoms with van der Waals surface area (Å²) in [5, 5.41) is 19.7. The van der Waals surface area contributed by atoms with Crippen molar-refractivity contribution >= 4 is 22.1 Å². The average Bonchev–Trinajstić information content (AvgIpc) is 2.11. The van der Waals surface area contributed by atoms with E-state index in [1.165, 1.54) is 0 Å². The van der Waals surface area contributed by atoms with E-state index in [1.54, 1.807) is 6.07 Å². The van der Waals surface area contributed by atoms with Crippen molar-refractivity contribution in [1.29, 1.82) is 5.41 Å². The molecule has 0 saturated heterocycles. The molecule has 1 aromatic rings. The van der Waals surface area contributed by atoms with Gasteiger partial charge >= 0.3 is 0 Å². The lowest BCUT2D eigenvalue weighted by Gasteiger charge is -2.07. The predicted octanol–water partition coefficient (Wildman–Crippen LogP) is 1.87. The highest BCUT2D eigenvalue weighted by Gasteiger charge is 2.06. The van der Waals surface area contributed by atoms with Gasteiger partial charge in [-0.2, -0.15) is 0 Å². The second kappa shape index (κ2) is 4.39. The fraction of sp³-hybridized carbons (Fsp3) is 0.222. The first-order valence-corrected chi connectivity index (χ1v) is 4.64. The summed E-state index contributed by atoms with van der Waals surface area (Å²) in [7, 11) is 1.81. The zero-order valence-electron chi connectivity index (χ0n) is 7.26. The Morgan fingerprint density at radius 3 is 2.85 bits per heavy atom. The standard InChI is InChI=1S/C9H11BrN2O/c1-12-5-7-3-8(10)2-6(4-11)9(7)13/h2-4,11-13H,5H2,1H3. The molecule has 0 unspecified atom stereocenters. The molecule has 0 saturated carbocycles. The number of halogens is 1. The van der Waals surface area contributed by atoms with E-state index in [4.69, 9.17) is 5.41 Å². The highest BCUT2D eigenvalue weighted by atomic mass is 79.9. The van der Waals surface area contributed by atoms with Gasteiger partial charge < -0.3 is 15.8 Å². The number of nitrogens with one attached hydrogen (secondary N) is 2. The van der Waals surface area contributed by atoms with Crippen molar-refractivity contribution in [3.8, 4) is 5.75 Å². The van der Waals surface area contributed by atoms with Crippen LogP contribution in [0.15, 0.2) is 16.6 Å². The van der Waals surface area contributed by atoms with Crippen molar-refractivity contribution in [2.75, 3.05) is 7.05 Å². The summed E-state index contributed by atoms with van der Waals surface area (Å²) in [4.78, 5) is 0. The highest BCUT2D eigenvalue weighted by molar-refractivity contribution is 9.10. The summed E-state index contributed by atoms with van der Waals surface area (Å²) < 4.78 is 0.869. The number of benzene rings is 1. The smallest absolute Gasteiger partial charge is 0.128 e. The molecule has 4 heteroatoms. The molecule has 13 heavy (non-hydrogen) atoms. The van der Waals surface area contributed by atoms with E-state index >= 15 is 0 Å². The number of aromatic hydroxyl groups is 1. The number of hydrogen-bond donors (Lipinski definition) is 3. The van der Waals surface area contributed by atoms with Gasteiger partial charge in [0.2, 0.25) is 0 Å². The first-order chi connectivity index (χ1) is 6.19. The van der Waals surface area contributed by atoms with E-state index in [-0.39, 0.29) is 5.75 Å². The first kappa shape index (κ1) is 10.2. The van der Waals surface area contributed by atoms with Gasteiger partial charge in [0.1, 0.15) is 5.75 Å². The third kappa shape index (κ3) is 2.29. The van der Waals surface area contributed by atoms with E-state index in [2.05, 4.69) is 21.2 Å². The lowest BCUT2D eigenvalue weighted by molar-refractivity contribution is 0.465. The quantitative estimate of drug-likeness (QED) is 0.710. The number of phenolic OH excluding ortho intramolecular Hbond substituents is 1. The highest BCUT2D eigenvalue weighted by Crippen LogP contribution is 2.25. The van der Waals surface area contributed by atoms with Crippen LogP contribution in [0.3, 0.4) is 0 Å². The minimum Gasteiger partial charge on any atom is -0.507 e. The van der Waals surface area contributed by atoms with Gasteiger partial charge in [-0.3, -0.25) is 0 Å². The third-order valence-electron chi connectivity index (χ3n) is 1.71. The Morgan fingerprint density at radius 2 is 2.31 bits per heavy atom. The summed E-state index contributed by atoms with van der Waals surface area (Å²) >= 11 is 3.32. The van der Waals surface area contributed by atoms with Crippen LogP contribution < -0.4 is 5.32 Å². The zero-order valence-corrected chi connectivity index (χ0v) is 8.85. The van der Waals surface area contributed by atoms with E-state index in [0.29, 0.717) is 12.1 Å². The molecule has 3 N–H and O–H groups in total. The lowest BCUT2D eigenvalue weighted by atomic mass is 10.1. The molecule has 1 aromatic carbocycles. The van der Waals surface area contributed by atoms with Gasteiger partial charge in [-0.1, -0.05) is 15.9 Å². The maximum absolute atomic E-state index is 9.63. The molecule has 1 rings (SSSR count). The van der Waals surface area contributed by atoms with Crippen molar-refractivity contribution in [2.24, 2.45) is 0 Å². The van der Waals surface area contributed by atoms with Crippen molar-refractivity contribution in [2.45, 2.75) is 6.54 Å². The average molecular weight is 243 g/mol. The molecule has 0 atom stereocenters. The maximum atomic E-state index is 9.63. The van der Waals surface area contributed by atoms with Crippen molar-refractivity contribution in [3.05, 3.63) is 27.7 Å². The fourth-order valence-corrected chi connectivity index (χ4v) is 1.64. The minimum absolute atomic E-state index is 0.174. The third-order valence-corrected chi connectivity index (χ3v) is 2.16. The summed E-state index contributed by atoms with van der Waals surface area (Å²) in [5.74, 6) is 0.174. The van der Waals surface area contributed by atoms with Gasteiger partial charge in [0.05, 0.1) is 0 Å². The molecule has 0 heterocycles. The van der Waals surface area contributed by atoms with Crippen LogP contribution in [0.4, 0.5) is 0 Å². The lowest BCUT2D eigenvalue weighted by Crippen LogP contribution is -2.06. The molecule has 0 aliphatic rings. The van der Waals surface area contributed by atoms with Crippen LogP contribution >= 0.6 is 15.9 Å². The first-order valence-electron chi connectivity index (χ1n) is 3.85. The molecule has 0 spiro atoms. The van der Waals surface area contributed by atoms with Crippen LogP contribution in [0.2, 0.25) is 0 Å². The summed E-state index contributed by atoms with van der Waals surface area (Å²) in [5.41, 5.74) is 1.31. The topological polar surface area (TPSA) is 56.1 Å². The second-order valence-electron chi connectivity index (χ2n) is 2.68. The number of hydrogen-bond acceptors (Lipinski definition) is 3. The molecule has 0 amide bonds. The molecule has 0 radical (unpaired) electrons. The molecular formula is C9H11BrN2O. The summed E-state index contributed by atoms with van der Waals surface area (Å²) in [6, 6.07) is 3.54. The number of rotatable bonds is 3. The normalized spacial score (nSPS) is 10.0. The van der Waals surface area contributed by atoms with Crippen LogP contribution in [0, 0.1) is 5.41 Å². The van der Waals surface area contributed by atoms with Crippen molar-refractivity contribution in [1.82, 2.24) is 5.32 Å². The summed E-state index contributed by atoms with van der Waals surface area (Å²) in [6.07, 6.45) is 1.14. The van der Waals surface area contributed by atoms with Gasteiger partial charge in [-0.15, -0.1) is 0 Å². The SMILES string of the molecule is CNCc1cc(Br)cc(C=N)c1O. The van der Waals surface area contributed by atoms with Crippen LogP contribution in [-0.2, 0) is 6.54 Å². The monoisotopic (exact) mass is 242 g/mol. The van der Waals surface area contributed by atoms with Crippen molar-refractivity contribution < 1.29 is 5.11 Å². The van der Waals surface area contributed by atoms with E-state index in [1.807, 2.05) is 13.1 Å². The van der Waals surface area contributed by atoms with Crippen molar-refractivity contribution in [3.63, 3.8) is 0 Å². The Hall–Kier alpha value is -0.870. The predicted molar refractivity (Wildman–Crippen MR) is 56.5 cm³/mol. The Bertz CT molecular complexity index is 326. The Balaban J connectivity index is 3.18. The molecule has 3 nitrogen and oxygen atoms in total. The molecule has 0 aliphatic heterocycles. The van der Waals surface area contributed by atoms with Crippen LogP contribution in [0.5, 0.6) is 5.75 Å². The van der Waals surface area contributed by atoms with Gasteiger partial charge in [0.15, 0.2) is 0 Å². The van der Waals surface area contributed by atoms with Gasteiger partial charge in [-0.05, 0) is 19.2 Å². The molecule has 0 bridgehead atoms. The largest absolute Gasteiger partial charge is 0.507 e.